The molecule has 0 spiro atoms. The van der Waals surface area contributed by atoms with Crippen molar-refractivity contribution in [1.29, 1.82) is 5.26 Å². The van der Waals surface area contributed by atoms with Crippen molar-refractivity contribution < 1.29 is 23.1 Å². The lowest BCUT2D eigenvalue weighted by atomic mass is 10.4. The highest BCUT2D eigenvalue weighted by atomic mass is 19.4. The predicted octanol–water partition coefficient (Wildman–Crippen LogP) is 1.55. The summed E-state index contributed by atoms with van der Waals surface area (Å²) in [5.41, 5.74) is 0. The molecule has 0 aliphatic heterocycles. The first-order chi connectivity index (χ1) is 4.83. The average molecular weight is 169 g/mol. The van der Waals surface area contributed by atoms with Crippen LogP contribution in [0.5, 0.6) is 0 Å². The van der Waals surface area contributed by atoms with Crippen LogP contribution in [0.3, 0.4) is 0 Å². The van der Waals surface area contributed by atoms with Gasteiger partial charge in [0.05, 0.1) is 6.07 Å². The second kappa shape index (κ2) is 5.53. The van der Waals surface area contributed by atoms with Gasteiger partial charge in [-0.3, -0.25) is 4.79 Å². The summed E-state index contributed by atoms with van der Waals surface area (Å²) < 4.78 is 32.8. The van der Waals surface area contributed by atoms with E-state index in [2.05, 4.69) is 0 Å². The van der Waals surface area contributed by atoms with Crippen molar-refractivity contribution in [3.63, 3.8) is 0 Å². The number of hydrogen-bond donors (Lipinski definition) is 1. The number of nitrogens with zero attached hydrogens (tertiary/aromatic N) is 1. The first kappa shape index (κ1) is 12.4. The normalized spacial score (nSPS) is 9.00. The molecule has 0 saturated carbocycles. The van der Waals surface area contributed by atoms with E-state index in [4.69, 9.17) is 10.4 Å². The minimum Gasteiger partial charge on any atom is -0.481 e. The fraction of sp³-hybridized carbons (Fsp3) is 0.600. The number of hydrogen-bond acceptors (Lipinski definition) is 2. The zero-order chi connectivity index (χ0) is 9.49. The highest BCUT2D eigenvalue weighted by Crippen LogP contribution is 2.18. The molecule has 0 aromatic carbocycles. The molecular formula is C5H6F3NO2. The largest absolute Gasteiger partial charge is 0.481 e. The number of rotatable bonds is 1. The van der Waals surface area contributed by atoms with Gasteiger partial charge in [-0.2, -0.15) is 18.4 Å². The Morgan fingerprint density at radius 3 is 1.91 bits per heavy atom. The lowest BCUT2D eigenvalue weighted by Gasteiger charge is -1.98. The van der Waals surface area contributed by atoms with Crippen LogP contribution in [0.4, 0.5) is 13.2 Å². The molecule has 0 unspecified atom stereocenters. The lowest BCUT2D eigenvalue weighted by Crippen LogP contribution is -2.13. The van der Waals surface area contributed by atoms with Gasteiger partial charge < -0.3 is 5.11 Å². The quantitative estimate of drug-likeness (QED) is 0.647. The summed E-state index contributed by atoms with van der Waals surface area (Å²) in [7, 11) is 0. The van der Waals surface area contributed by atoms with Crippen LogP contribution in [-0.2, 0) is 4.79 Å². The van der Waals surface area contributed by atoms with E-state index in [1.165, 1.54) is 6.92 Å². The van der Waals surface area contributed by atoms with Crippen molar-refractivity contribution in [3.8, 4) is 6.07 Å². The summed E-state index contributed by atoms with van der Waals surface area (Å²) in [6, 6.07) is 1.75. The molecule has 0 amide bonds. The van der Waals surface area contributed by atoms with E-state index in [1.54, 1.807) is 6.07 Å². The molecule has 0 saturated heterocycles. The van der Waals surface area contributed by atoms with Gasteiger partial charge >= 0.3 is 12.1 Å². The number of alkyl halides is 3. The Morgan fingerprint density at radius 1 is 1.64 bits per heavy atom. The Labute approximate surface area is 61.0 Å². The first-order valence-electron chi connectivity index (χ1n) is 2.43. The maximum atomic E-state index is 10.9. The molecule has 0 aromatic rings. The van der Waals surface area contributed by atoms with Gasteiger partial charge in [0.25, 0.3) is 0 Å². The third-order valence-corrected chi connectivity index (χ3v) is 0.352. The molecular weight excluding hydrogens is 163 g/mol. The maximum Gasteiger partial charge on any atom is 0.399 e. The van der Waals surface area contributed by atoms with Crippen LogP contribution in [0.25, 0.3) is 0 Å². The van der Waals surface area contributed by atoms with E-state index in [0.29, 0.717) is 0 Å². The zero-order valence-electron chi connectivity index (χ0n) is 5.64. The molecule has 0 heterocycles. The van der Waals surface area contributed by atoms with Crippen LogP contribution >= 0.6 is 0 Å². The van der Waals surface area contributed by atoms with E-state index in [1.807, 2.05) is 0 Å². The fourth-order valence-corrected chi connectivity index (χ4v) is 0.171. The molecule has 0 aliphatic carbocycles. The third kappa shape index (κ3) is 28.4. The summed E-state index contributed by atoms with van der Waals surface area (Å²) in [5, 5.41) is 14.8. The highest BCUT2D eigenvalue weighted by Gasteiger charge is 2.30. The van der Waals surface area contributed by atoms with E-state index < -0.39 is 18.6 Å². The van der Waals surface area contributed by atoms with E-state index in [0.717, 1.165) is 0 Å². The Morgan fingerprint density at radius 2 is 1.91 bits per heavy atom. The number of nitriles is 1. The van der Waals surface area contributed by atoms with E-state index in [9.17, 15) is 18.0 Å². The number of carboxylic acid groups (broad SMARTS) is 1. The Bertz CT molecular complexity index is 158. The van der Waals surface area contributed by atoms with Crippen molar-refractivity contribution in [2.24, 2.45) is 0 Å². The van der Waals surface area contributed by atoms with Gasteiger partial charge in [0.1, 0.15) is 6.42 Å². The van der Waals surface area contributed by atoms with Gasteiger partial charge in [0.2, 0.25) is 0 Å². The first-order valence-corrected chi connectivity index (χ1v) is 2.43. The molecule has 0 aliphatic rings. The van der Waals surface area contributed by atoms with Crippen LogP contribution < -0.4 is 0 Å². The standard InChI is InChI=1S/C3H3F3O2.C2H3N/c4-3(5,6)1-2(7)8;1-2-3/h1H2,(H,7,8);1H3. The molecule has 0 aromatic heterocycles. The lowest BCUT2D eigenvalue weighted by molar-refractivity contribution is -0.166. The minimum absolute atomic E-state index is 1.43. The van der Waals surface area contributed by atoms with E-state index >= 15 is 0 Å². The zero-order valence-corrected chi connectivity index (χ0v) is 5.64. The molecule has 1 N–H and O–H groups in total. The molecule has 6 heteroatoms. The van der Waals surface area contributed by atoms with Gasteiger partial charge in [0.15, 0.2) is 0 Å². The maximum absolute atomic E-state index is 10.9. The van der Waals surface area contributed by atoms with Gasteiger partial charge in [0, 0.05) is 6.92 Å². The van der Waals surface area contributed by atoms with Gasteiger partial charge in [-0.25, -0.2) is 0 Å². The second-order valence-corrected chi connectivity index (χ2v) is 1.41. The second-order valence-electron chi connectivity index (χ2n) is 1.41. The van der Waals surface area contributed by atoms with Gasteiger partial charge in [-0.1, -0.05) is 0 Å². The minimum atomic E-state index is -4.58. The monoisotopic (exact) mass is 169 g/mol. The SMILES string of the molecule is CC#N.O=C(O)CC(F)(F)F. The Balaban J connectivity index is 0. The van der Waals surface area contributed by atoms with Crippen molar-refractivity contribution in [1.82, 2.24) is 0 Å². The molecule has 0 atom stereocenters. The number of carbonyl (C=O) groups is 1. The smallest absolute Gasteiger partial charge is 0.399 e. The topological polar surface area (TPSA) is 61.1 Å². The molecule has 0 fully saturated rings. The number of carboxylic acids is 1. The van der Waals surface area contributed by atoms with Crippen molar-refractivity contribution >= 4 is 5.97 Å². The predicted molar refractivity (Wildman–Crippen MR) is 29.6 cm³/mol. The number of halogens is 3. The van der Waals surface area contributed by atoms with Gasteiger partial charge in [-0.05, 0) is 0 Å². The van der Waals surface area contributed by atoms with Crippen LogP contribution in [0.1, 0.15) is 13.3 Å². The average Bonchev–Trinajstić information content (AvgIpc) is 1.57. The molecule has 11 heavy (non-hydrogen) atoms. The van der Waals surface area contributed by atoms with E-state index in [-0.39, 0.29) is 0 Å². The fourth-order valence-electron chi connectivity index (χ4n) is 0.171. The highest BCUT2D eigenvalue weighted by molar-refractivity contribution is 5.67. The van der Waals surface area contributed by atoms with Crippen molar-refractivity contribution in [2.45, 2.75) is 19.5 Å². The van der Waals surface area contributed by atoms with Crippen molar-refractivity contribution in [2.75, 3.05) is 0 Å². The molecule has 3 nitrogen and oxygen atoms in total. The Hall–Kier alpha value is -1.25. The van der Waals surface area contributed by atoms with Crippen molar-refractivity contribution in [3.05, 3.63) is 0 Å². The van der Waals surface area contributed by atoms with Gasteiger partial charge in [-0.15, -0.1) is 0 Å². The molecule has 64 valence electrons. The van der Waals surface area contributed by atoms with Crippen LogP contribution in [0.15, 0.2) is 0 Å². The third-order valence-electron chi connectivity index (χ3n) is 0.352. The molecule has 0 rings (SSSR count). The van der Waals surface area contributed by atoms with Crippen LogP contribution in [0, 0.1) is 11.3 Å². The van der Waals surface area contributed by atoms with Crippen LogP contribution in [0.2, 0.25) is 0 Å². The molecule has 0 radical (unpaired) electrons. The summed E-state index contributed by atoms with van der Waals surface area (Å²) in [6.45, 7) is 1.43. The summed E-state index contributed by atoms with van der Waals surface area (Å²) in [4.78, 5) is 9.29. The number of aliphatic carboxylic acids is 1. The summed E-state index contributed by atoms with van der Waals surface area (Å²) >= 11 is 0. The van der Waals surface area contributed by atoms with Crippen LogP contribution in [-0.4, -0.2) is 17.3 Å². The Kier molecular flexibility index (Phi) is 6.25. The molecule has 0 bridgehead atoms. The summed E-state index contributed by atoms with van der Waals surface area (Å²) in [6.07, 6.45) is -6.33. The summed E-state index contributed by atoms with van der Waals surface area (Å²) in [5.74, 6) is -1.85.